The Bertz CT molecular complexity index is 671. The highest BCUT2D eigenvalue weighted by atomic mass is 32.2. The summed E-state index contributed by atoms with van der Waals surface area (Å²) in [5, 5.41) is 0. The Morgan fingerprint density at radius 3 is 2.33 bits per heavy atom. The van der Waals surface area contributed by atoms with Crippen molar-refractivity contribution in [2.45, 2.75) is 4.90 Å². The summed E-state index contributed by atoms with van der Waals surface area (Å²) in [5.74, 6) is -0.356. The third-order valence-electron chi connectivity index (χ3n) is 2.26. The second-order valence-corrected chi connectivity index (χ2v) is 5.21. The first-order valence-electron chi connectivity index (χ1n) is 5.09. The molecule has 0 amide bonds. The van der Waals surface area contributed by atoms with Crippen LogP contribution in [-0.2, 0) is 14.8 Å². The van der Waals surface area contributed by atoms with Crippen LogP contribution in [0.2, 0.25) is 0 Å². The molecule has 5 nitrogen and oxygen atoms in total. The number of nitrogens with two attached hydrogens (primary N) is 1. The fraction of sp³-hybridized carbons (Fsp3) is 0. The largest absolute Gasteiger partial charge is 0.396 e. The Kier molecular flexibility index (Phi) is 3.12. The number of nitrogens with zero attached hydrogens (tertiary/aromatic N) is 1. The lowest BCUT2D eigenvalue weighted by Crippen LogP contribution is -2.15. The van der Waals surface area contributed by atoms with E-state index in [1.54, 1.807) is 18.2 Å². The maximum Gasteiger partial charge on any atom is 0.282 e. The van der Waals surface area contributed by atoms with Gasteiger partial charge in [-0.15, -0.1) is 0 Å². The lowest BCUT2D eigenvalue weighted by molar-refractivity contribution is -0.111. The highest BCUT2D eigenvalue weighted by Crippen LogP contribution is 2.13. The van der Waals surface area contributed by atoms with Crippen molar-refractivity contribution in [3.63, 3.8) is 0 Å². The van der Waals surface area contributed by atoms with Crippen LogP contribution >= 0.6 is 0 Å². The Hall–Kier alpha value is -2.21. The molecular weight excluding hydrogens is 252 g/mol. The first-order chi connectivity index (χ1) is 8.49. The number of sulfonamides is 1. The monoisotopic (exact) mass is 262 g/mol. The summed E-state index contributed by atoms with van der Waals surface area (Å²) in [6, 6.07) is 7.83. The summed E-state index contributed by atoms with van der Waals surface area (Å²) >= 11 is 0. The zero-order valence-electron chi connectivity index (χ0n) is 9.28. The summed E-state index contributed by atoms with van der Waals surface area (Å²) in [4.78, 5) is 11.2. The lowest BCUT2D eigenvalue weighted by atomic mass is 10.1. The van der Waals surface area contributed by atoms with Crippen molar-refractivity contribution < 1.29 is 13.2 Å². The van der Waals surface area contributed by atoms with Crippen LogP contribution < -0.4 is 5.73 Å². The van der Waals surface area contributed by atoms with E-state index in [2.05, 4.69) is 4.40 Å². The smallest absolute Gasteiger partial charge is 0.282 e. The Morgan fingerprint density at radius 2 is 1.72 bits per heavy atom. The van der Waals surface area contributed by atoms with Gasteiger partial charge in [-0.1, -0.05) is 18.2 Å². The van der Waals surface area contributed by atoms with Crippen molar-refractivity contribution in [3.8, 4) is 0 Å². The van der Waals surface area contributed by atoms with E-state index in [0.717, 1.165) is 0 Å². The molecule has 18 heavy (non-hydrogen) atoms. The molecule has 0 aromatic heterocycles. The van der Waals surface area contributed by atoms with Crippen LogP contribution in [0.3, 0.4) is 0 Å². The number of carbonyl (C=O) groups is 1. The standard InChI is InChI=1S/C12H10N2O3S/c13-11-8-9(6-7-12(11)15)14-18(16,17)10-4-2-1-3-5-10/h1-8H,13H2. The highest BCUT2D eigenvalue weighted by molar-refractivity contribution is 7.90. The molecule has 0 saturated heterocycles. The second-order valence-electron chi connectivity index (χ2n) is 3.60. The van der Waals surface area contributed by atoms with Crippen LogP contribution in [0.4, 0.5) is 0 Å². The van der Waals surface area contributed by atoms with Gasteiger partial charge in [0.1, 0.15) is 0 Å². The molecular formula is C12H10N2O3S. The van der Waals surface area contributed by atoms with Gasteiger partial charge < -0.3 is 5.73 Å². The van der Waals surface area contributed by atoms with E-state index >= 15 is 0 Å². The van der Waals surface area contributed by atoms with Gasteiger partial charge in [-0.2, -0.15) is 12.8 Å². The normalized spacial score (nSPS) is 17.9. The molecule has 1 aromatic carbocycles. The van der Waals surface area contributed by atoms with Crippen molar-refractivity contribution in [3.05, 3.63) is 54.3 Å². The average molecular weight is 262 g/mol. The van der Waals surface area contributed by atoms with Gasteiger partial charge in [0.25, 0.3) is 10.0 Å². The Morgan fingerprint density at radius 1 is 1.06 bits per heavy atom. The van der Waals surface area contributed by atoms with Gasteiger partial charge >= 0.3 is 0 Å². The van der Waals surface area contributed by atoms with Gasteiger partial charge in [0.2, 0.25) is 5.78 Å². The van der Waals surface area contributed by atoms with Crippen LogP contribution in [0.5, 0.6) is 0 Å². The molecule has 0 heterocycles. The second kappa shape index (κ2) is 4.58. The number of benzene rings is 1. The fourth-order valence-electron chi connectivity index (χ4n) is 1.38. The van der Waals surface area contributed by atoms with E-state index in [0.29, 0.717) is 0 Å². The van der Waals surface area contributed by atoms with E-state index in [1.807, 2.05) is 0 Å². The van der Waals surface area contributed by atoms with Gasteiger partial charge in [-0.05, 0) is 30.4 Å². The van der Waals surface area contributed by atoms with E-state index in [4.69, 9.17) is 5.73 Å². The number of rotatable bonds is 2. The van der Waals surface area contributed by atoms with Crippen molar-refractivity contribution in [2.75, 3.05) is 0 Å². The minimum Gasteiger partial charge on any atom is -0.396 e. The van der Waals surface area contributed by atoms with E-state index in [-0.39, 0.29) is 22.1 Å². The molecule has 1 aliphatic carbocycles. The van der Waals surface area contributed by atoms with Crippen LogP contribution in [0, 0.1) is 0 Å². The predicted molar refractivity (Wildman–Crippen MR) is 67.5 cm³/mol. The molecule has 1 aromatic rings. The van der Waals surface area contributed by atoms with Crippen LogP contribution in [-0.4, -0.2) is 19.9 Å². The molecule has 0 aliphatic heterocycles. The van der Waals surface area contributed by atoms with Gasteiger partial charge in [-0.25, -0.2) is 0 Å². The molecule has 0 unspecified atom stereocenters. The minimum absolute atomic E-state index is 0.0282. The summed E-state index contributed by atoms with van der Waals surface area (Å²) in [7, 11) is -3.78. The average Bonchev–Trinajstić information content (AvgIpc) is 2.35. The molecule has 92 valence electrons. The van der Waals surface area contributed by atoms with Crippen LogP contribution in [0.25, 0.3) is 0 Å². The zero-order chi connectivity index (χ0) is 13.2. The first-order valence-corrected chi connectivity index (χ1v) is 6.53. The van der Waals surface area contributed by atoms with E-state index in [9.17, 15) is 13.2 Å². The molecule has 2 rings (SSSR count). The quantitative estimate of drug-likeness (QED) is 0.798. The summed E-state index contributed by atoms with van der Waals surface area (Å²) < 4.78 is 27.4. The molecule has 0 spiro atoms. The summed E-state index contributed by atoms with van der Waals surface area (Å²) in [6.07, 6.45) is 3.75. The molecule has 6 heteroatoms. The zero-order valence-corrected chi connectivity index (χ0v) is 10.1. The van der Waals surface area contributed by atoms with Gasteiger partial charge in [0, 0.05) is 0 Å². The third kappa shape index (κ3) is 2.54. The maximum absolute atomic E-state index is 11.9. The molecule has 0 saturated carbocycles. The molecule has 1 aliphatic rings. The van der Waals surface area contributed by atoms with E-state index in [1.165, 1.54) is 30.4 Å². The first kappa shape index (κ1) is 12.3. The predicted octanol–water partition coefficient (Wildman–Crippen LogP) is 0.798. The number of allylic oxidation sites excluding steroid dienone is 3. The lowest BCUT2D eigenvalue weighted by Gasteiger charge is -2.04. The molecule has 0 fully saturated rings. The number of hydrogen-bond acceptors (Lipinski definition) is 4. The van der Waals surface area contributed by atoms with Gasteiger partial charge in [0.15, 0.2) is 0 Å². The minimum atomic E-state index is -3.78. The SMILES string of the molecule is NC1=CC(=NS(=O)(=O)c2ccccc2)C=CC1=O. The van der Waals surface area contributed by atoms with E-state index < -0.39 is 10.0 Å². The van der Waals surface area contributed by atoms with Crippen molar-refractivity contribution >= 4 is 21.5 Å². The topological polar surface area (TPSA) is 89.6 Å². The van der Waals surface area contributed by atoms with Gasteiger partial charge in [0.05, 0.1) is 16.3 Å². The van der Waals surface area contributed by atoms with Crippen LogP contribution in [0.15, 0.2) is 63.6 Å². The number of hydrogen-bond donors (Lipinski definition) is 1. The molecule has 0 atom stereocenters. The number of ketones is 1. The maximum atomic E-state index is 11.9. The van der Waals surface area contributed by atoms with Gasteiger partial charge in [-0.3, -0.25) is 4.79 Å². The van der Waals surface area contributed by atoms with Crippen molar-refractivity contribution in [1.82, 2.24) is 0 Å². The summed E-state index contributed by atoms with van der Waals surface area (Å²) in [5.41, 5.74) is 5.52. The molecule has 0 radical (unpaired) electrons. The highest BCUT2D eigenvalue weighted by Gasteiger charge is 2.14. The summed E-state index contributed by atoms with van der Waals surface area (Å²) in [6.45, 7) is 0. The molecule has 0 bridgehead atoms. The fourth-order valence-corrected chi connectivity index (χ4v) is 2.37. The Labute approximate surface area is 104 Å². The van der Waals surface area contributed by atoms with Crippen molar-refractivity contribution in [2.24, 2.45) is 10.1 Å². The van der Waals surface area contributed by atoms with Crippen molar-refractivity contribution in [1.29, 1.82) is 0 Å². The van der Waals surface area contributed by atoms with Crippen LogP contribution in [0.1, 0.15) is 0 Å². The Balaban J connectivity index is 2.41. The molecule has 2 N–H and O–H groups in total. The third-order valence-corrected chi connectivity index (χ3v) is 3.58. The number of carbonyl (C=O) groups excluding carboxylic acids is 1.